The topological polar surface area (TPSA) is 76.5 Å². The molecule has 8 heteroatoms. The summed E-state index contributed by atoms with van der Waals surface area (Å²) in [5.74, 6) is 0.841. The SMILES string of the molecule is COc1ccc(Cl)cc1NC(=O)Cn1nc(N2CCCC2)c2ccccc2c1=O. The number of anilines is 2. The van der Waals surface area contributed by atoms with Crippen molar-refractivity contribution in [1.82, 2.24) is 9.78 Å². The second kappa shape index (κ2) is 8.13. The largest absolute Gasteiger partial charge is 0.495 e. The average molecular weight is 413 g/mol. The normalized spacial score (nSPS) is 13.7. The fourth-order valence-electron chi connectivity index (χ4n) is 3.59. The van der Waals surface area contributed by atoms with E-state index < -0.39 is 0 Å². The van der Waals surface area contributed by atoms with Crippen molar-refractivity contribution in [2.24, 2.45) is 0 Å². The summed E-state index contributed by atoms with van der Waals surface area (Å²) in [4.78, 5) is 27.7. The lowest BCUT2D eigenvalue weighted by molar-refractivity contribution is -0.117. The first-order valence-electron chi connectivity index (χ1n) is 9.45. The molecule has 4 rings (SSSR count). The Hall–Kier alpha value is -3.06. The maximum atomic E-state index is 12.9. The third-order valence-electron chi connectivity index (χ3n) is 4.98. The standard InChI is InChI=1S/C21H21ClN4O3/c1-29-18-9-8-14(22)12-17(18)23-19(27)13-26-21(28)16-7-3-2-6-15(16)20(24-26)25-10-4-5-11-25/h2-3,6-9,12H,4-5,10-11,13H2,1H3,(H,23,27). The number of rotatable bonds is 5. The number of ether oxygens (including phenoxy) is 1. The van der Waals surface area contributed by atoms with Crippen LogP contribution in [0.2, 0.25) is 5.02 Å². The van der Waals surface area contributed by atoms with E-state index in [9.17, 15) is 9.59 Å². The van der Waals surface area contributed by atoms with Crippen LogP contribution >= 0.6 is 11.6 Å². The zero-order chi connectivity index (χ0) is 20.4. The zero-order valence-electron chi connectivity index (χ0n) is 16.0. The molecule has 0 atom stereocenters. The molecule has 0 saturated carbocycles. The van der Waals surface area contributed by atoms with Crippen LogP contribution in [0.1, 0.15) is 12.8 Å². The third kappa shape index (κ3) is 3.91. The van der Waals surface area contributed by atoms with Crippen molar-refractivity contribution in [3.8, 4) is 5.75 Å². The fraction of sp³-hybridized carbons (Fsp3) is 0.286. The van der Waals surface area contributed by atoms with Crippen molar-refractivity contribution in [2.75, 3.05) is 30.4 Å². The Balaban J connectivity index is 1.67. The van der Waals surface area contributed by atoms with Gasteiger partial charge in [-0.15, -0.1) is 0 Å². The summed E-state index contributed by atoms with van der Waals surface area (Å²) in [7, 11) is 1.51. The molecule has 2 aromatic carbocycles. The van der Waals surface area contributed by atoms with Gasteiger partial charge in [-0.25, -0.2) is 4.68 Å². The summed E-state index contributed by atoms with van der Waals surface area (Å²) in [5, 5.41) is 9.13. The highest BCUT2D eigenvalue weighted by Gasteiger charge is 2.20. The average Bonchev–Trinajstić information content (AvgIpc) is 3.25. The molecule has 1 fully saturated rings. The zero-order valence-corrected chi connectivity index (χ0v) is 16.8. The maximum Gasteiger partial charge on any atom is 0.275 e. The minimum atomic E-state index is -0.386. The van der Waals surface area contributed by atoms with E-state index in [0.717, 1.165) is 37.1 Å². The van der Waals surface area contributed by atoms with E-state index in [0.29, 0.717) is 21.8 Å². The number of carbonyl (C=O) groups is 1. The molecule has 1 saturated heterocycles. The lowest BCUT2D eigenvalue weighted by Crippen LogP contribution is -2.32. The molecule has 1 aromatic heterocycles. The first-order valence-corrected chi connectivity index (χ1v) is 9.83. The van der Waals surface area contributed by atoms with Crippen LogP contribution in [0.25, 0.3) is 10.8 Å². The van der Waals surface area contributed by atoms with Gasteiger partial charge in [0.15, 0.2) is 5.82 Å². The third-order valence-corrected chi connectivity index (χ3v) is 5.22. The van der Waals surface area contributed by atoms with Gasteiger partial charge in [0, 0.05) is 23.5 Å². The quantitative estimate of drug-likeness (QED) is 0.695. The molecule has 3 aromatic rings. The van der Waals surface area contributed by atoms with Gasteiger partial charge in [0.25, 0.3) is 5.56 Å². The van der Waals surface area contributed by atoms with E-state index in [1.54, 1.807) is 24.3 Å². The number of methoxy groups -OCH3 is 1. The molecule has 0 spiro atoms. The second-order valence-corrected chi connectivity index (χ2v) is 7.36. The van der Waals surface area contributed by atoms with Crippen LogP contribution < -0.4 is 20.5 Å². The van der Waals surface area contributed by atoms with Gasteiger partial charge in [-0.05, 0) is 37.1 Å². The molecule has 1 aliphatic rings. The van der Waals surface area contributed by atoms with E-state index in [2.05, 4.69) is 15.3 Å². The lowest BCUT2D eigenvalue weighted by atomic mass is 10.2. The molecule has 150 valence electrons. The number of benzene rings is 2. The number of hydrogen-bond acceptors (Lipinski definition) is 5. The second-order valence-electron chi connectivity index (χ2n) is 6.92. The van der Waals surface area contributed by atoms with Gasteiger partial charge in [0.05, 0.1) is 18.2 Å². The molecule has 2 heterocycles. The predicted octanol–water partition coefficient (Wildman–Crippen LogP) is 3.30. The summed E-state index contributed by atoms with van der Waals surface area (Å²) < 4.78 is 6.48. The van der Waals surface area contributed by atoms with Gasteiger partial charge >= 0.3 is 0 Å². The Morgan fingerprint density at radius 3 is 2.62 bits per heavy atom. The minimum absolute atomic E-state index is 0.208. The molecule has 0 bridgehead atoms. The molecular weight excluding hydrogens is 392 g/mol. The van der Waals surface area contributed by atoms with Crippen LogP contribution in [0.4, 0.5) is 11.5 Å². The Morgan fingerprint density at radius 1 is 1.17 bits per heavy atom. The van der Waals surface area contributed by atoms with E-state index in [1.165, 1.54) is 11.8 Å². The van der Waals surface area contributed by atoms with E-state index in [4.69, 9.17) is 16.3 Å². The van der Waals surface area contributed by atoms with Crippen LogP contribution in [0.15, 0.2) is 47.3 Å². The van der Waals surface area contributed by atoms with Gasteiger partial charge in [0.2, 0.25) is 5.91 Å². The van der Waals surface area contributed by atoms with Crippen LogP contribution in [-0.4, -0.2) is 35.9 Å². The minimum Gasteiger partial charge on any atom is -0.495 e. The van der Waals surface area contributed by atoms with Crippen LogP contribution in [0, 0.1) is 0 Å². The van der Waals surface area contributed by atoms with Crippen LogP contribution in [0.3, 0.4) is 0 Å². The van der Waals surface area contributed by atoms with Crippen molar-refractivity contribution >= 4 is 39.8 Å². The Kier molecular flexibility index (Phi) is 5.40. The summed E-state index contributed by atoms with van der Waals surface area (Å²) in [6.07, 6.45) is 2.17. The number of halogens is 1. The number of fused-ring (bicyclic) bond motifs is 1. The van der Waals surface area contributed by atoms with Crippen molar-refractivity contribution < 1.29 is 9.53 Å². The van der Waals surface area contributed by atoms with E-state index >= 15 is 0 Å². The highest BCUT2D eigenvalue weighted by atomic mass is 35.5. The van der Waals surface area contributed by atoms with E-state index in [-0.39, 0.29) is 18.0 Å². The van der Waals surface area contributed by atoms with Gasteiger partial charge in [0.1, 0.15) is 12.3 Å². The number of amides is 1. The Bertz CT molecular complexity index is 1120. The Labute approximate surface area is 172 Å². The number of hydrogen-bond donors (Lipinski definition) is 1. The van der Waals surface area contributed by atoms with Gasteiger partial charge in [-0.3, -0.25) is 9.59 Å². The van der Waals surface area contributed by atoms with Gasteiger partial charge in [-0.2, -0.15) is 5.10 Å². The molecule has 1 N–H and O–H groups in total. The number of aromatic nitrogens is 2. The summed E-state index contributed by atoms with van der Waals surface area (Å²) in [6, 6.07) is 12.3. The van der Waals surface area contributed by atoms with Crippen LogP contribution in [0.5, 0.6) is 5.75 Å². The van der Waals surface area contributed by atoms with Gasteiger partial charge < -0.3 is 15.0 Å². The molecule has 1 amide bonds. The fourth-order valence-corrected chi connectivity index (χ4v) is 3.76. The highest BCUT2D eigenvalue weighted by Crippen LogP contribution is 2.28. The highest BCUT2D eigenvalue weighted by molar-refractivity contribution is 6.31. The Morgan fingerprint density at radius 2 is 1.90 bits per heavy atom. The molecule has 0 unspecified atom stereocenters. The predicted molar refractivity (Wildman–Crippen MR) is 114 cm³/mol. The maximum absolute atomic E-state index is 12.9. The number of nitrogens with zero attached hydrogens (tertiary/aromatic N) is 3. The first-order chi connectivity index (χ1) is 14.1. The van der Waals surface area contributed by atoms with Crippen molar-refractivity contribution in [1.29, 1.82) is 0 Å². The smallest absolute Gasteiger partial charge is 0.275 e. The molecule has 29 heavy (non-hydrogen) atoms. The lowest BCUT2D eigenvalue weighted by Gasteiger charge is -2.20. The van der Waals surface area contributed by atoms with Gasteiger partial charge in [-0.1, -0.05) is 29.8 Å². The summed E-state index contributed by atoms with van der Waals surface area (Å²) in [5.41, 5.74) is 0.148. The van der Waals surface area contributed by atoms with Crippen molar-refractivity contribution in [3.05, 3.63) is 57.8 Å². The monoisotopic (exact) mass is 412 g/mol. The van der Waals surface area contributed by atoms with Crippen molar-refractivity contribution in [3.63, 3.8) is 0 Å². The number of nitrogens with one attached hydrogen (secondary N) is 1. The van der Waals surface area contributed by atoms with Crippen molar-refractivity contribution in [2.45, 2.75) is 19.4 Å². The molecule has 1 aliphatic heterocycles. The van der Waals surface area contributed by atoms with E-state index in [1.807, 2.05) is 18.2 Å². The molecule has 0 aliphatic carbocycles. The molecular formula is C21H21ClN4O3. The number of carbonyl (C=O) groups excluding carboxylic acids is 1. The molecule has 7 nitrogen and oxygen atoms in total. The molecule has 0 radical (unpaired) electrons. The summed E-state index contributed by atoms with van der Waals surface area (Å²) >= 11 is 6.02. The summed E-state index contributed by atoms with van der Waals surface area (Å²) in [6.45, 7) is 1.57. The van der Waals surface area contributed by atoms with Crippen LogP contribution in [-0.2, 0) is 11.3 Å². The first kappa shape index (κ1) is 19.3.